The average Bonchev–Trinajstić information content (AvgIpc) is 2.53. The van der Waals surface area contributed by atoms with Crippen LogP contribution in [0.15, 0.2) is 0 Å². The summed E-state index contributed by atoms with van der Waals surface area (Å²) in [7, 11) is 0. The van der Waals surface area contributed by atoms with Gasteiger partial charge in [0.1, 0.15) is 0 Å². The first-order chi connectivity index (χ1) is 13.7. The van der Waals surface area contributed by atoms with Crippen molar-refractivity contribution in [2.24, 2.45) is 23.7 Å². The summed E-state index contributed by atoms with van der Waals surface area (Å²) in [6.45, 7) is 19.7. The molecule has 4 nitrogen and oxygen atoms in total. The van der Waals surface area contributed by atoms with Gasteiger partial charge in [-0.25, -0.2) is 0 Å². The molecule has 0 aliphatic rings. The Balaban J connectivity index is -0.000000490. The Morgan fingerprint density at radius 1 is 0.516 bits per heavy atom. The third-order valence-corrected chi connectivity index (χ3v) is 8.30. The molecule has 0 unspecified atom stereocenters. The minimum atomic E-state index is -2.39. The van der Waals surface area contributed by atoms with Gasteiger partial charge in [0.15, 0.2) is 0 Å². The van der Waals surface area contributed by atoms with Crippen molar-refractivity contribution >= 4 is 59.5 Å². The SMILES string of the molecule is CC(C)CCOP(=S)([S-])OCCC(C)C.CC(C)CCOP(=S)([S-])OCCC(C)C.[Zn+2]. The zero-order valence-electron chi connectivity index (χ0n) is 20.8. The van der Waals surface area contributed by atoms with E-state index in [2.05, 4.69) is 55.4 Å². The van der Waals surface area contributed by atoms with Crippen molar-refractivity contribution in [2.45, 2.75) is 81.1 Å². The Kier molecular flexibility index (Phi) is 26.6. The molecule has 0 fully saturated rings. The van der Waals surface area contributed by atoms with Crippen LogP contribution in [-0.2, 0) is 85.7 Å². The molecule has 0 spiro atoms. The Bertz CT molecular complexity index is 430. The van der Waals surface area contributed by atoms with Crippen LogP contribution in [0.4, 0.5) is 0 Å². The largest absolute Gasteiger partial charge is 2.00 e. The summed E-state index contributed by atoms with van der Waals surface area (Å²) in [5.74, 6) is 2.47. The average molecular weight is 604 g/mol. The van der Waals surface area contributed by atoms with Crippen molar-refractivity contribution in [1.29, 1.82) is 0 Å². The molecule has 0 saturated carbocycles. The molecule has 0 bridgehead atoms. The molecule has 0 N–H and O–H groups in total. The Labute approximate surface area is 226 Å². The van der Waals surface area contributed by atoms with Gasteiger partial charge in [-0.1, -0.05) is 79.0 Å². The van der Waals surface area contributed by atoms with E-state index in [0.29, 0.717) is 50.1 Å². The second-order valence-electron chi connectivity index (χ2n) is 8.96. The van der Waals surface area contributed by atoms with Gasteiger partial charge in [0, 0.05) is 0 Å². The van der Waals surface area contributed by atoms with Gasteiger partial charge in [0.25, 0.3) is 0 Å². The van der Waals surface area contributed by atoms with E-state index in [4.69, 9.17) is 66.2 Å². The molecule has 0 aromatic heterocycles. The molecule has 0 aliphatic carbocycles. The summed E-state index contributed by atoms with van der Waals surface area (Å²) in [6.07, 6.45) is 3.95. The summed E-state index contributed by atoms with van der Waals surface area (Å²) in [4.78, 5) is 0. The molecule has 0 heterocycles. The molecule has 0 saturated heterocycles. The number of hydrogen-bond donors (Lipinski definition) is 0. The topological polar surface area (TPSA) is 36.9 Å². The van der Waals surface area contributed by atoms with E-state index >= 15 is 0 Å². The fourth-order valence-corrected chi connectivity index (χ4v) is 4.93. The van der Waals surface area contributed by atoms with Crippen molar-refractivity contribution in [3.8, 4) is 0 Å². The van der Waals surface area contributed by atoms with Crippen LogP contribution in [0.25, 0.3) is 0 Å². The van der Waals surface area contributed by atoms with E-state index in [1.807, 2.05) is 0 Å². The molecule has 31 heavy (non-hydrogen) atoms. The van der Waals surface area contributed by atoms with E-state index in [1.165, 1.54) is 0 Å². The summed E-state index contributed by atoms with van der Waals surface area (Å²) in [6, 6.07) is 0. The molecule has 0 amide bonds. The molecule has 0 aromatic carbocycles. The summed E-state index contributed by atoms with van der Waals surface area (Å²) >= 11 is 20.5. The van der Waals surface area contributed by atoms with Gasteiger partial charge in [-0.05, 0) is 49.4 Å². The fraction of sp³-hybridized carbons (Fsp3) is 1.00. The van der Waals surface area contributed by atoms with Crippen LogP contribution in [0.5, 0.6) is 0 Å². The van der Waals surface area contributed by atoms with Gasteiger partial charge < -0.3 is 42.6 Å². The normalized spacial score (nSPS) is 12.3. The first kappa shape index (κ1) is 38.0. The fourth-order valence-electron chi connectivity index (χ4n) is 1.68. The molecular formula is C20H44O4P2S4Zn. The molecular weight excluding hydrogens is 560 g/mol. The molecule has 0 rings (SSSR count). The quantitative estimate of drug-likeness (QED) is 0.101. The Morgan fingerprint density at radius 2 is 0.677 bits per heavy atom. The molecule has 0 aliphatic heterocycles. The van der Waals surface area contributed by atoms with Crippen LogP contribution in [0, 0.1) is 23.7 Å². The smallest absolute Gasteiger partial charge is 0.691 e. The van der Waals surface area contributed by atoms with Crippen LogP contribution in [0.3, 0.4) is 0 Å². The summed E-state index contributed by atoms with van der Waals surface area (Å²) in [5, 5.41) is 0. The number of rotatable bonds is 16. The molecule has 184 valence electrons. The van der Waals surface area contributed by atoms with Gasteiger partial charge >= 0.3 is 19.5 Å². The summed E-state index contributed by atoms with van der Waals surface area (Å²) < 4.78 is 21.8. The van der Waals surface area contributed by atoms with Crippen LogP contribution in [0.1, 0.15) is 81.1 Å². The maximum Gasteiger partial charge on any atom is 2.00 e. The molecule has 0 atom stereocenters. The van der Waals surface area contributed by atoms with Crippen molar-refractivity contribution in [1.82, 2.24) is 0 Å². The Morgan fingerprint density at radius 3 is 0.806 bits per heavy atom. The van der Waals surface area contributed by atoms with Crippen LogP contribution in [-0.4, -0.2) is 26.4 Å². The second kappa shape index (κ2) is 21.7. The van der Waals surface area contributed by atoms with E-state index in [9.17, 15) is 0 Å². The third-order valence-electron chi connectivity index (χ3n) is 3.78. The summed E-state index contributed by atoms with van der Waals surface area (Å²) in [5.41, 5.74) is -4.78. The van der Waals surface area contributed by atoms with E-state index in [1.54, 1.807) is 0 Å². The number of hydrogen-bond acceptors (Lipinski definition) is 8. The second-order valence-corrected chi connectivity index (χ2v) is 18.9. The van der Waals surface area contributed by atoms with Gasteiger partial charge in [-0.15, -0.1) is 0 Å². The Hall–Kier alpha value is 2.46. The van der Waals surface area contributed by atoms with Crippen molar-refractivity contribution in [3.05, 3.63) is 0 Å². The third kappa shape index (κ3) is 32.5. The van der Waals surface area contributed by atoms with E-state index in [0.717, 1.165) is 25.7 Å². The zero-order valence-corrected chi connectivity index (χ0v) is 28.9. The minimum Gasteiger partial charge on any atom is -0.691 e. The first-order valence-electron chi connectivity index (χ1n) is 10.9. The zero-order chi connectivity index (χ0) is 23.8. The molecule has 0 aromatic rings. The molecule has 0 radical (unpaired) electrons. The standard InChI is InChI=1S/2C10H23O2PS2.Zn/c2*1-9(2)5-7-11-13(14,15)12-8-6-10(3)4;/h2*9-10H,5-8H2,1-4H3,(H,14,15);/q;;+2/p-2. The van der Waals surface area contributed by atoms with E-state index in [-0.39, 0.29) is 19.5 Å². The molecule has 11 heteroatoms. The van der Waals surface area contributed by atoms with Crippen molar-refractivity contribution in [2.75, 3.05) is 26.4 Å². The van der Waals surface area contributed by atoms with Crippen LogP contribution in [0.2, 0.25) is 0 Å². The van der Waals surface area contributed by atoms with Crippen LogP contribution < -0.4 is 0 Å². The minimum absolute atomic E-state index is 0. The monoisotopic (exact) mass is 602 g/mol. The van der Waals surface area contributed by atoms with E-state index < -0.39 is 11.4 Å². The maximum atomic E-state index is 5.44. The van der Waals surface area contributed by atoms with Gasteiger partial charge in [0.2, 0.25) is 0 Å². The predicted octanol–water partition coefficient (Wildman–Crippen LogP) is 7.76. The van der Waals surface area contributed by atoms with Gasteiger partial charge in [-0.2, -0.15) is 0 Å². The maximum absolute atomic E-state index is 5.44. The van der Waals surface area contributed by atoms with Crippen molar-refractivity contribution in [3.63, 3.8) is 0 Å². The first-order valence-corrected chi connectivity index (χ1v) is 18.2. The predicted molar refractivity (Wildman–Crippen MR) is 145 cm³/mol. The van der Waals surface area contributed by atoms with Crippen LogP contribution >= 0.6 is 11.4 Å². The van der Waals surface area contributed by atoms with Gasteiger partial charge in [0.05, 0.1) is 37.8 Å². The van der Waals surface area contributed by atoms with Crippen molar-refractivity contribution < 1.29 is 37.6 Å². The van der Waals surface area contributed by atoms with Gasteiger partial charge in [-0.3, -0.25) is 0 Å².